The molecule has 74 valence electrons. The second-order valence-corrected chi connectivity index (χ2v) is 3.36. The lowest BCUT2D eigenvalue weighted by Gasteiger charge is -2.26. The molecule has 1 aromatic heterocycles. The first-order valence-electron chi connectivity index (χ1n) is 4.77. The number of aldehydes is 1. The Kier molecular flexibility index (Phi) is 2.84. The summed E-state index contributed by atoms with van der Waals surface area (Å²) in [6, 6.07) is 1.83. The highest BCUT2D eigenvalue weighted by atomic mass is 16.5. The molecule has 0 amide bonds. The van der Waals surface area contributed by atoms with E-state index in [-0.39, 0.29) is 12.2 Å². The molecule has 2 atom stereocenters. The Morgan fingerprint density at radius 1 is 1.50 bits per heavy atom. The van der Waals surface area contributed by atoms with Gasteiger partial charge < -0.3 is 9.53 Å². The number of rotatable bonds is 2. The van der Waals surface area contributed by atoms with Crippen molar-refractivity contribution in [3.8, 4) is 0 Å². The van der Waals surface area contributed by atoms with Crippen molar-refractivity contribution in [2.45, 2.75) is 31.5 Å². The molecule has 0 aliphatic carbocycles. The number of hydrogen-bond acceptors (Lipinski definition) is 4. The molecule has 0 N–H and O–H groups in total. The van der Waals surface area contributed by atoms with E-state index in [2.05, 4.69) is 9.97 Å². The maximum atomic E-state index is 10.6. The minimum Gasteiger partial charge on any atom is -0.361 e. The molecular formula is C10H12N2O2. The molecule has 0 aromatic carbocycles. The minimum absolute atomic E-state index is 0.0399. The van der Waals surface area contributed by atoms with Crippen LogP contribution in [0.3, 0.4) is 0 Å². The first-order chi connectivity index (χ1) is 6.90. The molecule has 4 heteroatoms. The van der Waals surface area contributed by atoms with Crippen LogP contribution in [0.5, 0.6) is 0 Å². The molecule has 1 aliphatic heterocycles. The van der Waals surface area contributed by atoms with Gasteiger partial charge in [-0.05, 0) is 25.3 Å². The van der Waals surface area contributed by atoms with Crippen molar-refractivity contribution in [3.63, 3.8) is 0 Å². The van der Waals surface area contributed by atoms with Crippen LogP contribution < -0.4 is 0 Å². The van der Waals surface area contributed by atoms with Crippen LogP contribution in [-0.4, -0.2) is 22.4 Å². The highest BCUT2D eigenvalue weighted by Crippen LogP contribution is 2.28. The monoisotopic (exact) mass is 192 g/mol. The van der Waals surface area contributed by atoms with Crippen molar-refractivity contribution in [2.24, 2.45) is 0 Å². The summed E-state index contributed by atoms with van der Waals surface area (Å²) in [7, 11) is 0. The van der Waals surface area contributed by atoms with Crippen molar-refractivity contribution in [1.82, 2.24) is 9.97 Å². The Bertz CT molecular complexity index is 302. The van der Waals surface area contributed by atoms with Crippen LogP contribution in [0.15, 0.2) is 18.6 Å². The maximum absolute atomic E-state index is 10.6. The van der Waals surface area contributed by atoms with E-state index >= 15 is 0 Å². The van der Waals surface area contributed by atoms with Gasteiger partial charge in [-0.25, -0.2) is 9.97 Å². The van der Waals surface area contributed by atoms with Gasteiger partial charge in [0.25, 0.3) is 0 Å². The summed E-state index contributed by atoms with van der Waals surface area (Å²) in [4.78, 5) is 18.5. The summed E-state index contributed by atoms with van der Waals surface area (Å²) in [6.45, 7) is 0. The van der Waals surface area contributed by atoms with E-state index in [9.17, 15) is 4.79 Å². The predicted molar refractivity (Wildman–Crippen MR) is 49.6 cm³/mol. The Hall–Kier alpha value is -1.29. The number of ether oxygens (including phenoxy) is 1. The van der Waals surface area contributed by atoms with Gasteiger partial charge in [-0.15, -0.1) is 0 Å². The lowest BCUT2D eigenvalue weighted by atomic mass is 10.0. The number of nitrogens with zero attached hydrogens (tertiary/aromatic N) is 2. The minimum atomic E-state index is -0.260. The lowest BCUT2D eigenvalue weighted by Crippen LogP contribution is -2.23. The number of carbonyl (C=O) groups is 1. The summed E-state index contributed by atoms with van der Waals surface area (Å²) < 4.78 is 5.56. The second kappa shape index (κ2) is 4.28. The van der Waals surface area contributed by atoms with Gasteiger partial charge in [-0.1, -0.05) is 0 Å². The van der Waals surface area contributed by atoms with Crippen molar-refractivity contribution in [1.29, 1.82) is 0 Å². The lowest BCUT2D eigenvalue weighted by molar-refractivity contribution is -0.127. The number of carbonyl (C=O) groups excluding carboxylic acids is 1. The Morgan fingerprint density at radius 2 is 2.43 bits per heavy atom. The van der Waals surface area contributed by atoms with Crippen LogP contribution in [0, 0.1) is 0 Å². The standard InChI is InChI=1S/C10H12N2O2/c13-6-8-2-1-3-10(14-8)9-4-5-11-7-12-9/h4-8,10H,1-3H2. The highest BCUT2D eigenvalue weighted by Gasteiger charge is 2.23. The fourth-order valence-corrected chi connectivity index (χ4v) is 1.66. The van der Waals surface area contributed by atoms with Crippen molar-refractivity contribution < 1.29 is 9.53 Å². The third-order valence-corrected chi connectivity index (χ3v) is 2.38. The fourth-order valence-electron chi connectivity index (χ4n) is 1.66. The zero-order chi connectivity index (χ0) is 9.80. The predicted octanol–water partition coefficient (Wildman–Crippen LogP) is 1.29. The Balaban J connectivity index is 2.08. The van der Waals surface area contributed by atoms with E-state index in [1.54, 1.807) is 6.20 Å². The molecule has 1 fully saturated rings. The molecule has 0 bridgehead atoms. The Morgan fingerprint density at radius 3 is 3.14 bits per heavy atom. The molecule has 0 spiro atoms. The maximum Gasteiger partial charge on any atom is 0.148 e. The van der Waals surface area contributed by atoms with Gasteiger partial charge >= 0.3 is 0 Å². The second-order valence-electron chi connectivity index (χ2n) is 3.36. The van der Waals surface area contributed by atoms with Crippen LogP contribution >= 0.6 is 0 Å². The van der Waals surface area contributed by atoms with Crippen molar-refractivity contribution in [3.05, 3.63) is 24.3 Å². The van der Waals surface area contributed by atoms with Crippen LogP contribution in [-0.2, 0) is 9.53 Å². The third-order valence-electron chi connectivity index (χ3n) is 2.38. The molecule has 1 saturated heterocycles. The third kappa shape index (κ3) is 1.96. The summed E-state index contributed by atoms with van der Waals surface area (Å²) >= 11 is 0. The molecule has 0 radical (unpaired) electrons. The summed E-state index contributed by atoms with van der Waals surface area (Å²) in [5.41, 5.74) is 0.867. The normalized spacial score (nSPS) is 27.1. The van der Waals surface area contributed by atoms with Crippen LogP contribution in [0.1, 0.15) is 31.1 Å². The molecule has 1 aliphatic rings. The molecule has 4 nitrogen and oxygen atoms in total. The van der Waals surface area contributed by atoms with Gasteiger partial charge in [0, 0.05) is 6.20 Å². The van der Waals surface area contributed by atoms with E-state index in [0.29, 0.717) is 0 Å². The Labute approximate surface area is 82.3 Å². The number of hydrogen-bond donors (Lipinski definition) is 0. The average Bonchev–Trinajstić information content (AvgIpc) is 2.30. The zero-order valence-electron chi connectivity index (χ0n) is 7.80. The molecule has 2 rings (SSSR count). The van der Waals surface area contributed by atoms with Crippen LogP contribution in [0.25, 0.3) is 0 Å². The first-order valence-corrected chi connectivity index (χ1v) is 4.77. The van der Waals surface area contributed by atoms with Gasteiger partial charge in [-0.3, -0.25) is 0 Å². The smallest absolute Gasteiger partial charge is 0.148 e. The molecule has 14 heavy (non-hydrogen) atoms. The van der Waals surface area contributed by atoms with E-state index in [4.69, 9.17) is 4.74 Å². The van der Waals surface area contributed by atoms with Crippen LogP contribution in [0.4, 0.5) is 0 Å². The number of aromatic nitrogens is 2. The molecule has 2 heterocycles. The molecule has 2 unspecified atom stereocenters. The van der Waals surface area contributed by atoms with Gasteiger partial charge in [0.1, 0.15) is 24.8 Å². The average molecular weight is 192 g/mol. The molecule has 1 aromatic rings. The topological polar surface area (TPSA) is 52.1 Å². The zero-order valence-corrected chi connectivity index (χ0v) is 7.80. The summed E-state index contributed by atoms with van der Waals surface area (Å²) in [5, 5.41) is 0. The molecule has 0 saturated carbocycles. The first kappa shape index (κ1) is 9.27. The van der Waals surface area contributed by atoms with Gasteiger partial charge in [0.15, 0.2) is 0 Å². The van der Waals surface area contributed by atoms with E-state index < -0.39 is 0 Å². The SMILES string of the molecule is O=CC1CCCC(c2ccncn2)O1. The van der Waals surface area contributed by atoms with Gasteiger partial charge in [0.05, 0.1) is 5.69 Å². The molecular weight excluding hydrogens is 180 g/mol. The quantitative estimate of drug-likeness (QED) is 0.662. The summed E-state index contributed by atoms with van der Waals surface area (Å²) in [5.74, 6) is 0. The van der Waals surface area contributed by atoms with E-state index in [1.165, 1.54) is 6.33 Å². The van der Waals surface area contributed by atoms with Crippen molar-refractivity contribution in [2.75, 3.05) is 0 Å². The highest BCUT2D eigenvalue weighted by molar-refractivity contribution is 5.56. The van der Waals surface area contributed by atoms with Gasteiger partial charge in [-0.2, -0.15) is 0 Å². The summed E-state index contributed by atoms with van der Waals surface area (Å²) in [6.07, 6.45) is 6.53. The van der Waals surface area contributed by atoms with Crippen LogP contribution in [0.2, 0.25) is 0 Å². The largest absolute Gasteiger partial charge is 0.361 e. The van der Waals surface area contributed by atoms with Crippen molar-refractivity contribution >= 4 is 6.29 Å². The van der Waals surface area contributed by atoms with E-state index in [0.717, 1.165) is 31.2 Å². The van der Waals surface area contributed by atoms with E-state index in [1.807, 2.05) is 6.07 Å². The fraction of sp³-hybridized carbons (Fsp3) is 0.500. The van der Waals surface area contributed by atoms with Gasteiger partial charge in [0.2, 0.25) is 0 Å².